The molecule has 2 heterocycles. The highest BCUT2D eigenvalue weighted by atomic mass is 35.5. The lowest BCUT2D eigenvalue weighted by Gasteiger charge is -2.44. The number of carbonyl (C=O) groups is 2. The molecule has 0 radical (unpaired) electrons. The Labute approximate surface area is 182 Å². The predicted molar refractivity (Wildman–Crippen MR) is 112 cm³/mol. The second-order valence-corrected chi connectivity index (χ2v) is 8.40. The number of benzene rings is 1. The summed E-state index contributed by atoms with van der Waals surface area (Å²) < 4.78 is 10.8. The fourth-order valence-corrected chi connectivity index (χ4v) is 4.80. The van der Waals surface area contributed by atoms with E-state index in [1.165, 1.54) is 11.2 Å². The van der Waals surface area contributed by atoms with Gasteiger partial charge < -0.3 is 13.7 Å². The monoisotopic (exact) mass is 445 g/mol. The number of aromatic nitrogens is 2. The molecule has 2 aromatic heterocycles. The van der Waals surface area contributed by atoms with E-state index in [0.29, 0.717) is 29.2 Å². The summed E-state index contributed by atoms with van der Waals surface area (Å²) in [5, 5.41) is 8.62. The van der Waals surface area contributed by atoms with E-state index < -0.39 is 5.54 Å². The van der Waals surface area contributed by atoms with Crippen molar-refractivity contribution in [3.8, 4) is 11.7 Å². The Kier molecular flexibility index (Phi) is 5.97. The highest BCUT2D eigenvalue weighted by molar-refractivity contribution is 7.99. The first-order valence-electron chi connectivity index (χ1n) is 9.57. The second-order valence-electron chi connectivity index (χ2n) is 7.06. The molecule has 30 heavy (non-hydrogen) atoms. The third kappa shape index (κ3) is 3.77. The van der Waals surface area contributed by atoms with Crippen molar-refractivity contribution in [3.63, 3.8) is 0 Å². The van der Waals surface area contributed by atoms with Gasteiger partial charge in [-0.2, -0.15) is 0 Å². The Hall–Kier alpha value is -2.58. The van der Waals surface area contributed by atoms with Gasteiger partial charge in [0.25, 0.3) is 11.1 Å². The van der Waals surface area contributed by atoms with Crippen molar-refractivity contribution < 1.29 is 18.4 Å². The molecule has 1 aliphatic rings. The van der Waals surface area contributed by atoms with E-state index in [0.717, 1.165) is 24.6 Å². The molecular weight excluding hydrogens is 426 g/mol. The maximum atomic E-state index is 13.1. The Balaban J connectivity index is 1.53. The summed E-state index contributed by atoms with van der Waals surface area (Å²) in [6, 6.07) is 10.7. The lowest BCUT2D eigenvalue weighted by molar-refractivity contribution is -0.146. The topological polar surface area (TPSA) is 89.4 Å². The zero-order chi connectivity index (χ0) is 21.1. The minimum Gasteiger partial charge on any atom is -0.459 e. The molecule has 1 fully saturated rings. The molecule has 0 N–H and O–H groups in total. The van der Waals surface area contributed by atoms with Crippen LogP contribution >= 0.6 is 23.4 Å². The van der Waals surface area contributed by atoms with Crippen LogP contribution in [0.4, 0.5) is 0 Å². The van der Waals surface area contributed by atoms with Crippen LogP contribution in [0, 0.1) is 0 Å². The molecule has 9 heteroatoms. The number of likely N-dealkylation sites (N-methyl/N-ethyl adjacent to an activating group) is 1. The van der Waals surface area contributed by atoms with Crippen LogP contribution in [0.1, 0.15) is 31.2 Å². The Morgan fingerprint density at radius 3 is 2.80 bits per heavy atom. The molecule has 4 rings (SSSR count). The molecule has 156 valence electrons. The van der Waals surface area contributed by atoms with Gasteiger partial charge in [-0.1, -0.05) is 41.6 Å². The van der Waals surface area contributed by atoms with Gasteiger partial charge in [-0.25, -0.2) is 0 Å². The van der Waals surface area contributed by atoms with Gasteiger partial charge in [0, 0.05) is 24.1 Å². The van der Waals surface area contributed by atoms with Gasteiger partial charge >= 0.3 is 0 Å². The number of furan rings is 1. The SMILES string of the molecule is CN(C(=O)CSc1nnc(-c2ccco2)o1)[C@@]1(c2ccccc2Cl)CCCCC1=O. The molecule has 1 saturated carbocycles. The van der Waals surface area contributed by atoms with Crippen molar-refractivity contribution in [2.24, 2.45) is 0 Å². The summed E-state index contributed by atoms with van der Waals surface area (Å²) in [5.74, 6) is 0.561. The second kappa shape index (κ2) is 8.65. The van der Waals surface area contributed by atoms with Crippen LogP contribution in [0.25, 0.3) is 11.7 Å². The molecule has 0 saturated heterocycles. The number of amides is 1. The van der Waals surface area contributed by atoms with Crippen LogP contribution in [0.5, 0.6) is 0 Å². The summed E-state index contributed by atoms with van der Waals surface area (Å²) in [7, 11) is 1.66. The summed E-state index contributed by atoms with van der Waals surface area (Å²) in [6.45, 7) is 0. The standard InChI is InChI=1S/C21H20ClN3O4S/c1-25(18(27)13-30-20-24-23-19(29-20)16-9-6-12-28-16)21(11-5-4-10-17(21)26)14-7-2-3-8-15(14)22/h2-3,6-9,12H,4-5,10-11,13H2,1H3/t21-/m1/s1. The van der Waals surface area contributed by atoms with Crippen molar-refractivity contribution in [1.29, 1.82) is 0 Å². The Morgan fingerprint density at radius 2 is 2.07 bits per heavy atom. The number of hydrogen-bond acceptors (Lipinski definition) is 7. The van der Waals surface area contributed by atoms with Crippen LogP contribution in [0.2, 0.25) is 5.02 Å². The molecule has 0 unspecified atom stereocenters. The lowest BCUT2D eigenvalue weighted by Crippen LogP contribution is -2.54. The predicted octanol–water partition coefficient (Wildman–Crippen LogP) is 4.57. The van der Waals surface area contributed by atoms with Crippen LogP contribution < -0.4 is 0 Å². The zero-order valence-electron chi connectivity index (χ0n) is 16.3. The van der Waals surface area contributed by atoms with Gasteiger partial charge in [0.05, 0.1) is 12.0 Å². The summed E-state index contributed by atoms with van der Waals surface area (Å²) >= 11 is 7.57. The van der Waals surface area contributed by atoms with E-state index in [2.05, 4.69) is 10.2 Å². The molecular formula is C21H20ClN3O4S. The molecule has 0 bridgehead atoms. The van der Waals surface area contributed by atoms with E-state index in [-0.39, 0.29) is 28.6 Å². The van der Waals surface area contributed by atoms with E-state index in [4.69, 9.17) is 20.4 Å². The summed E-state index contributed by atoms with van der Waals surface area (Å²) in [6.07, 6.45) is 4.15. The van der Waals surface area contributed by atoms with Crippen LogP contribution in [0.15, 0.2) is 56.7 Å². The Morgan fingerprint density at radius 1 is 1.23 bits per heavy atom. The van der Waals surface area contributed by atoms with Gasteiger partial charge in [-0.05, 0) is 37.5 Å². The largest absolute Gasteiger partial charge is 0.459 e. The number of thioether (sulfide) groups is 1. The molecule has 7 nitrogen and oxygen atoms in total. The molecule has 1 aromatic carbocycles. The molecule has 0 spiro atoms. The number of nitrogens with zero attached hydrogens (tertiary/aromatic N) is 3. The molecule has 0 aliphatic heterocycles. The maximum Gasteiger partial charge on any atom is 0.284 e. The maximum absolute atomic E-state index is 13.1. The van der Waals surface area contributed by atoms with Crippen molar-refractivity contribution in [2.75, 3.05) is 12.8 Å². The molecule has 1 aliphatic carbocycles. The number of hydrogen-bond donors (Lipinski definition) is 0. The first-order valence-corrected chi connectivity index (χ1v) is 10.9. The van der Waals surface area contributed by atoms with Gasteiger partial charge in [0.1, 0.15) is 5.54 Å². The smallest absolute Gasteiger partial charge is 0.284 e. The van der Waals surface area contributed by atoms with Gasteiger partial charge in [0.15, 0.2) is 11.5 Å². The lowest BCUT2D eigenvalue weighted by atomic mass is 9.74. The normalized spacial score (nSPS) is 19.1. The summed E-state index contributed by atoms with van der Waals surface area (Å²) in [4.78, 5) is 27.7. The van der Waals surface area contributed by atoms with E-state index in [1.807, 2.05) is 18.2 Å². The number of ketones is 1. The van der Waals surface area contributed by atoms with Crippen molar-refractivity contribution >= 4 is 35.1 Å². The zero-order valence-corrected chi connectivity index (χ0v) is 17.9. The minimum absolute atomic E-state index is 0.0144. The van der Waals surface area contributed by atoms with E-state index in [9.17, 15) is 9.59 Å². The van der Waals surface area contributed by atoms with Gasteiger partial charge in [-0.15, -0.1) is 10.2 Å². The number of halogens is 1. The third-order valence-electron chi connectivity index (χ3n) is 5.38. The number of Topliss-reactive ketones (excluding diaryl/α,β-unsaturated/α-hetero) is 1. The highest BCUT2D eigenvalue weighted by Crippen LogP contribution is 2.42. The van der Waals surface area contributed by atoms with Gasteiger partial charge in [-0.3, -0.25) is 9.59 Å². The van der Waals surface area contributed by atoms with Crippen LogP contribution in [-0.4, -0.2) is 39.6 Å². The van der Waals surface area contributed by atoms with Crippen LogP contribution in [0.3, 0.4) is 0 Å². The van der Waals surface area contributed by atoms with E-state index >= 15 is 0 Å². The van der Waals surface area contributed by atoms with Crippen molar-refractivity contribution in [2.45, 2.75) is 36.4 Å². The highest BCUT2D eigenvalue weighted by Gasteiger charge is 2.47. The third-order valence-corrected chi connectivity index (χ3v) is 6.51. The van der Waals surface area contributed by atoms with Crippen LogP contribution in [-0.2, 0) is 15.1 Å². The average Bonchev–Trinajstić information content (AvgIpc) is 3.44. The fraction of sp³-hybridized carbons (Fsp3) is 0.333. The fourth-order valence-electron chi connectivity index (χ4n) is 3.83. The number of rotatable bonds is 6. The number of carbonyl (C=O) groups excluding carboxylic acids is 2. The minimum atomic E-state index is -1.05. The first kappa shape index (κ1) is 20.7. The average molecular weight is 446 g/mol. The molecule has 1 atom stereocenters. The Bertz CT molecular complexity index is 1050. The van der Waals surface area contributed by atoms with Crippen molar-refractivity contribution in [1.82, 2.24) is 15.1 Å². The summed E-state index contributed by atoms with van der Waals surface area (Å²) in [5.41, 5.74) is -0.377. The molecule has 3 aromatic rings. The first-order chi connectivity index (χ1) is 14.5. The van der Waals surface area contributed by atoms with E-state index in [1.54, 1.807) is 25.2 Å². The van der Waals surface area contributed by atoms with Gasteiger partial charge in [0.2, 0.25) is 5.91 Å². The van der Waals surface area contributed by atoms with Crippen molar-refractivity contribution in [3.05, 3.63) is 53.2 Å². The molecule has 1 amide bonds. The quantitative estimate of drug-likeness (QED) is 0.513.